The van der Waals surface area contributed by atoms with Crippen molar-refractivity contribution in [2.45, 2.75) is 58.9 Å². The van der Waals surface area contributed by atoms with Crippen molar-refractivity contribution in [2.24, 2.45) is 0 Å². The average molecular weight is 368 g/mol. The fourth-order valence-corrected chi connectivity index (χ4v) is 2.71. The molecule has 0 radical (unpaired) electrons. The molecule has 0 aliphatic heterocycles. The Hall–Kier alpha value is -1.84. The second-order valence-corrected chi connectivity index (χ2v) is 7.06. The molecule has 1 amide bonds. The Bertz CT molecular complexity index is 623. The molecule has 0 aliphatic rings. The fraction of sp³-hybridized carbons (Fsp3) is 0.643. The van der Waals surface area contributed by atoms with E-state index < -0.39 is 40.5 Å². The molecule has 10 heteroatoms. The second kappa shape index (κ2) is 6.96. The van der Waals surface area contributed by atoms with Crippen LogP contribution in [0.15, 0.2) is 0 Å². The molecule has 1 unspecified atom stereocenters. The second-order valence-electron chi connectivity index (χ2n) is 6.08. The lowest BCUT2D eigenvalue weighted by Gasteiger charge is -2.29. The maximum absolute atomic E-state index is 13.0. The van der Waals surface area contributed by atoms with Crippen molar-refractivity contribution < 1.29 is 32.6 Å². The smallest absolute Gasteiger partial charge is 0.435 e. The zero-order chi connectivity index (χ0) is 18.9. The van der Waals surface area contributed by atoms with E-state index in [2.05, 4.69) is 4.98 Å². The summed E-state index contributed by atoms with van der Waals surface area (Å²) < 4.78 is 44.2. The van der Waals surface area contributed by atoms with Crippen molar-refractivity contribution >= 4 is 28.5 Å². The fourth-order valence-electron chi connectivity index (χ4n) is 1.69. The van der Waals surface area contributed by atoms with Gasteiger partial charge in [0.15, 0.2) is 10.8 Å². The van der Waals surface area contributed by atoms with Gasteiger partial charge in [-0.25, -0.2) is 14.6 Å². The first-order chi connectivity index (χ1) is 10.8. The van der Waals surface area contributed by atoms with Crippen molar-refractivity contribution in [1.82, 2.24) is 4.98 Å². The Labute approximate surface area is 141 Å². The van der Waals surface area contributed by atoms with Gasteiger partial charge in [0.05, 0.1) is 0 Å². The summed E-state index contributed by atoms with van der Waals surface area (Å²) in [6.07, 6.45) is -5.39. The van der Waals surface area contributed by atoms with Gasteiger partial charge in [-0.15, -0.1) is 0 Å². The third kappa shape index (κ3) is 4.83. The van der Waals surface area contributed by atoms with Crippen LogP contribution >= 0.6 is 11.3 Å². The SMILES string of the molecule is CCC(C)N(C(=O)OC(C)(C)C)c1nc(C(F)(F)F)c(C(=O)O)s1. The molecule has 0 fully saturated rings. The zero-order valence-electron chi connectivity index (χ0n) is 13.9. The van der Waals surface area contributed by atoms with E-state index in [9.17, 15) is 22.8 Å². The van der Waals surface area contributed by atoms with Crippen LogP contribution in [0.2, 0.25) is 0 Å². The van der Waals surface area contributed by atoms with E-state index >= 15 is 0 Å². The van der Waals surface area contributed by atoms with Crippen molar-refractivity contribution in [3.05, 3.63) is 10.6 Å². The first kappa shape index (κ1) is 20.2. The number of ether oxygens (including phenoxy) is 1. The molecule has 1 rings (SSSR count). The van der Waals surface area contributed by atoms with Gasteiger partial charge in [-0.1, -0.05) is 18.3 Å². The van der Waals surface area contributed by atoms with E-state index in [0.717, 1.165) is 4.90 Å². The number of hydrogen-bond donors (Lipinski definition) is 1. The van der Waals surface area contributed by atoms with Gasteiger partial charge in [-0.2, -0.15) is 13.2 Å². The Morgan fingerprint density at radius 2 is 1.88 bits per heavy atom. The largest absolute Gasteiger partial charge is 0.477 e. The number of halogens is 3. The van der Waals surface area contributed by atoms with Gasteiger partial charge in [0.25, 0.3) is 0 Å². The lowest BCUT2D eigenvalue weighted by atomic mass is 10.2. The van der Waals surface area contributed by atoms with Gasteiger partial charge < -0.3 is 9.84 Å². The number of carboxylic acids is 1. The average Bonchev–Trinajstić information content (AvgIpc) is 2.81. The maximum atomic E-state index is 13.0. The van der Waals surface area contributed by atoms with Crippen LogP contribution < -0.4 is 4.90 Å². The van der Waals surface area contributed by atoms with Gasteiger partial charge in [-0.05, 0) is 34.1 Å². The third-order valence-corrected chi connectivity index (χ3v) is 3.95. The van der Waals surface area contributed by atoms with E-state index in [4.69, 9.17) is 9.84 Å². The highest BCUT2D eigenvalue weighted by atomic mass is 32.1. The number of aromatic carboxylic acids is 1. The molecule has 6 nitrogen and oxygen atoms in total. The van der Waals surface area contributed by atoms with Crippen LogP contribution in [0, 0.1) is 0 Å². The molecule has 1 heterocycles. The van der Waals surface area contributed by atoms with Crippen molar-refractivity contribution in [1.29, 1.82) is 0 Å². The van der Waals surface area contributed by atoms with E-state index in [1.807, 2.05) is 0 Å². The first-order valence-electron chi connectivity index (χ1n) is 7.11. The highest BCUT2D eigenvalue weighted by molar-refractivity contribution is 7.17. The lowest BCUT2D eigenvalue weighted by Crippen LogP contribution is -2.42. The molecule has 0 saturated carbocycles. The zero-order valence-corrected chi connectivity index (χ0v) is 14.7. The highest BCUT2D eigenvalue weighted by Gasteiger charge is 2.41. The molecular formula is C14H19F3N2O4S. The standard InChI is InChI=1S/C14H19F3N2O4S/c1-6-7(2)19(12(22)23-13(3,4)5)11-18-9(14(15,16)17)8(24-11)10(20)21/h7H,6H2,1-5H3,(H,20,21). The number of nitrogens with zero attached hydrogens (tertiary/aromatic N) is 2. The van der Waals surface area contributed by atoms with Gasteiger partial charge in [-0.3, -0.25) is 4.90 Å². The molecule has 0 saturated heterocycles. The number of rotatable bonds is 4. The predicted molar refractivity (Wildman–Crippen MR) is 82.5 cm³/mol. The maximum Gasteiger partial charge on any atom is 0.435 e. The van der Waals surface area contributed by atoms with Gasteiger partial charge in [0, 0.05) is 6.04 Å². The molecule has 136 valence electrons. The first-order valence-corrected chi connectivity index (χ1v) is 7.93. The van der Waals surface area contributed by atoms with Crippen LogP contribution in [-0.2, 0) is 10.9 Å². The summed E-state index contributed by atoms with van der Waals surface area (Å²) in [5.74, 6) is -1.75. The number of carboxylic acid groups (broad SMARTS) is 1. The third-order valence-electron chi connectivity index (χ3n) is 2.91. The number of amides is 1. The van der Waals surface area contributed by atoms with Crippen LogP contribution in [0.1, 0.15) is 56.4 Å². The van der Waals surface area contributed by atoms with Crippen molar-refractivity contribution in [3.63, 3.8) is 0 Å². The Morgan fingerprint density at radius 3 is 2.21 bits per heavy atom. The molecule has 1 atom stereocenters. The van der Waals surface area contributed by atoms with Gasteiger partial charge in [0.1, 0.15) is 10.5 Å². The number of hydrogen-bond acceptors (Lipinski definition) is 5. The number of thiazole rings is 1. The summed E-state index contributed by atoms with van der Waals surface area (Å²) in [5.41, 5.74) is -2.38. The molecule has 1 aromatic rings. The van der Waals surface area contributed by atoms with Crippen LogP contribution in [0.25, 0.3) is 0 Å². The molecule has 1 aromatic heterocycles. The molecular weight excluding hydrogens is 349 g/mol. The Balaban J connectivity index is 3.39. The lowest BCUT2D eigenvalue weighted by molar-refractivity contribution is -0.141. The summed E-state index contributed by atoms with van der Waals surface area (Å²) in [5, 5.41) is 8.62. The number of carbonyl (C=O) groups is 2. The normalized spacial score (nSPS) is 13.5. The van der Waals surface area contributed by atoms with Crippen LogP contribution in [0.3, 0.4) is 0 Å². The number of alkyl halides is 3. The van der Waals surface area contributed by atoms with Crippen molar-refractivity contribution in [3.8, 4) is 0 Å². The molecule has 0 bridgehead atoms. The van der Waals surface area contributed by atoms with Crippen LogP contribution in [0.4, 0.5) is 23.1 Å². The van der Waals surface area contributed by atoms with Crippen molar-refractivity contribution in [2.75, 3.05) is 4.90 Å². The van der Waals surface area contributed by atoms with Gasteiger partial charge >= 0.3 is 18.2 Å². The molecule has 1 N–H and O–H groups in total. The summed E-state index contributed by atoms with van der Waals surface area (Å²) in [7, 11) is 0. The van der Waals surface area contributed by atoms with E-state index in [0.29, 0.717) is 17.8 Å². The number of carbonyl (C=O) groups excluding carboxylic acids is 1. The summed E-state index contributed by atoms with van der Waals surface area (Å²) in [6, 6.07) is -0.520. The monoisotopic (exact) mass is 368 g/mol. The van der Waals surface area contributed by atoms with Crippen LogP contribution in [0.5, 0.6) is 0 Å². The minimum atomic E-state index is -4.93. The predicted octanol–water partition coefficient (Wildman–Crippen LogP) is 4.40. The summed E-state index contributed by atoms with van der Waals surface area (Å²) >= 11 is 0.295. The summed E-state index contributed by atoms with van der Waals surface area (Å²) in [4.78, 5) is 26.8. The molecule has 0 aromatic carbocycles. The van der Waals surface area contributed by atoms with E-state index in [-0.39, 0.29) is 5.13 Å². The molecule has 24 heavy (non-hydrogen) atoms. The summed E-state index contributed by atoms with van der Waals surface area (Å²) in [6.45, 7) is 8.19. The molecule has 0 spiro atoms. The van der Waals surface area contributed by atoms with Gasteiger partial charge in [0.2, 0.25) is 0 Å². The Kier molecular flexibility index (Phi) is 5.86. The van der Waals surface area contributed by atoms with E-state index in [1.165, 1.54) is 0 Å². The highest BCUT2D eigenvalue weighted by Crippen LogP contribution is 2.38. The quantitative estimate of drug-likeness (QED) is 0.852. The minimum Gasteiger partial charge on any atom is -0.477 e. The topological polar surface area (TPSA) is 79.7 Å². The van der Waals surface area contributed by atoms with E-state index in [1.54, 1.807) is 34.6 Å². The Morgan fingerprint density at radius 1 is 1.33 bits per heavy atom. The number of anilines is 1. The minimum absolute atomic E-state index is 0.295. The molecule has 0 aliphatic carbocycles. The van der Waals surface area contributed by atoms with Crippen LogP contribution in [-0.4, -0.2) is 33.8 Å². The number of aromatic nitrogens is 1.